The van der Waals surface area contributed by atoms with Gasteiger partial charge in [-0.25, -0.2) is 4.98 Å². The van der Waals surface area contributed by atoms with Crippen molar-refractivity contribution in [1.29, 1.82) is 0 Å². The van der Waals surface area contributed by atoms with Crippen molar-refractivity contribution in [1.82, 2.24) is 4.98 Å². The number of rotatable bonds is 4. The monoisotopic (exact) mass is 278 g/mol. The maximum atomic E-state index is 13.6. The highest BCUT2D eigenvalue weighted by atomic mass is 19.2. The summed E-state index contributed by atoms with van der Waals surface area (Å²) in [5.41, 5.74) is 1.71. The Kier molecular flexibility index (Phi) is 4.17. The van der Waals surface area contributed by atoms with E-state index in [0.29, 0.717) is 5.69 Å². The quantitative estimate of drug-likeness (QED) is 0.850. The van der Waals surface area contributed by atoms with Crippen LogP contribution in [0.4, 0.5) is 20.2 Å². The van der Waals surface area contributed by atoms with E-state index in [0.717, 1.165) is 11.3 Å². The molecule has 2 aromatic rings. The molecule has 0 fully saturated rings. The Morgan fingerprint density at radius 2 is 1.95 bits per heavy atom. The fourth-order valence-corrected chi connectivity index (χ4v) is 1.93. The van der Waals surface area contributed by atoms with Crippen LogP contribution >= 0.6 is 0 Å². The van der Waals surface area contributed by atoms with Gasteiger partial charge in [-0.05, 0) is 35.7 Å². The number of hydrogen-bond acceptors (Lipinski definition) is 3. The molecule has 0 bridgehead atoms. The number of anilines is 2. The molecule has 3 nitrogen and oxygen atoms in total. The smallest absolute Gasteiger partial charge is 0.251 e. The molecule has 2 rings (SSSR count). The van der Waals surface area contributed by atoms with E-state index in [2.05, 4.69) is 10.3 Å². The number of nitrogens with zero attached hydrogens (tertiary/aromatic N) is 1. The lowest BCUT2D eigenvalue weighted by Crippen LogP contribution is -2.00. The number of benzene rings is 1. The molecule has 0 unspecified atom stereocenters. The van der Waals surface area contributed by atoms with Crippen molar-refractivity contribution in [3.05, 3.63) is 47.8 Å². The number of hydrogen-bond donors (Lipinski definition) is 1. The van der Waals surface area contributed by atoms with Crippen molar-refractivity contribution in [3.63, 3.8) is 0 Å². The molecule has 1 aromatic heterocycles. The van der Waals surface area contributed by atoms with Crippen molar-refractivity contribution >= 4 is 11.4 Å². The van der Waals surface area contributed by atoms with Crippen LogP contribution in [-0.4, -0.2) is 12.1 Å². The first-order valence-corrected chi connectivity index (χ1v) is 6.28. The molecule has 0 aliphatic carbocycles. The second-order valence-electron chi connectivity index (χ2n) is 4.70. The summed E-state index contributed by atoms with van der Waals surface area (Å²) in [5, 5.41) is 2.85. The molecule has 0 aliphatic rings. The average Bonchev–Trinajstić information content (AvgIpc) is 2.43. The highest BCUT2D eigenvalue weighted by Gasteiger charge is 2.11. The Balaban J connectivity index is 2.34. The third kappa shape index (κ3) is 2.87. The predicted molar refractivity (Wildman–Crippen MR) is 74.5 cm³/mol. The van der Waals surface area contributed by atoms with E-state index in [4.69, 9.17) is 4.74 Å². The van der Waals surface area contributed by atoms with E-state index >= 15 is 0 Å². The summed E-state index contributed by atoms with van der Waals surface area (Å²) < 4.78 is 31.9. The lowest BCUT2D eigenvalue weighted by atomic mass is 10.0. The predicted octanol–water partition coefficient (Wildman–Crippen LogP) is 4.24. The number of aromatic nitrogens is 1. The lowest BCUT2D eigenvalue weighted by molar-refractivity contribution is 0.407. The van der Waals surface area contributed by atoms with Crippen molar-refractivity contribution in [2.75, 3.05) is 12.4 Å². The summed E-state index contributed by atoms with van der Waals surface area (Å²) in [6, 6.07) is 6.80. The van der Waals surface area contributed by atoms with Gasteiger partial charge in [0.15, 0.2) is 0 Å². The van der Waals surface area contributed by atoms with Crippen molar-refractivity contribution in [3.8, 4) is 5.75 Å². The summed E-state index contributed by atoms with van der Waals surface area (Å²) in [6.07, 6.45) is 1.22. The Labute approximate surface area is 116 Å². The largest absolute Gasteiger partial charge is 0.496 e. The van der Waals surface area contributed by atoms with Crippen LogP contribution in [0.3, 0.4) is 0 Å². The van der Waals surface area contributed by atoms with E-state index in [-0.39, 0.29) is 11.6 Å². The summed E-state index contributed by atoms with van der Waals surface area (Å²) in [7, 11) is 1.60. The molecule has 0 amide bonds. The number of ether oxygens (including phenoxy) is 1. The van der Waals surface area contributed by atoms with E-state index in [1.54, 1.807) is 19.2 Å². The Bertz CT molecular complexity index is 615. The molecule has 106 valence electrons. The van der Waals surface area contributed by atoms with Gasteiger partial charge in [-0.2, -0.15) is 8.78 Å². The van der Waals surface area contributed by atoms with Crippen LogP contribution in [0.25, 0.3) is 0 Å². The van der Waals surface area contributed by atoms with Crippen LogP contribution < -0.4 is 10.1 Å². The highest BCUT2D eigenvalue weighted by Crippen LogP contribution is 2.30. The fraction of sp³-hybridized carbons (Fsp3) is 0.267. The van der Waals surface area contributed by atoms with E-state index in [1.807, 2.05) is 19.9 Å². The number of nitrogens with one attached hydrogen (secondary N) is 1. The molecule has 0 aliphatic heterocycles. The molecule has 0 spiro atoms. The third-order valence-corrected chi connectivity index (χ3v) is 2.98. The molecule has 0 radical (unpaired) electrons. The normalized spacial score (nSPS) is 10.7. The first-order valence-electron chi connectivity index (χ1n) is 6.28. The zero-order valence-electron chi connectivity index (χ0n) is 11.6. The van der Waals surface area contributed by atoms with Gasteiger partial charge in [0.25, 0.3) is 5.95 Å². The third-order valence-electron chi connectivity index (χ3n) is 2.98. The van der Waals surface area contributed by atoms with Gasteiger partial charge < -0.3 is 10.1 Å². The zero-order valence-corrected chi connectivity index (χ0v) is 11.6. The minimum atomic E-state index is -1.12. The van der Waals surface area contributed by atoms with Gasteiger partial charge in [0.1, 0.15) is 5.75 Å². The summed E-state index contributed by atoms with van der Waals surface area (Å²) in [4.78, 5) is 3.25. The van der Waals surface area contributed by atoms with E-state index in [9.17, 15) is 8.78 Å². The van der Waals surface area contributed by atoms with Gasteiger partial charge >= 0.3 is 0 Å². The molecule has 0 atom stereocenters. The molecule has 1 heterocycles. The van der Waals surface area contributed by atoms with Gasteiger partial charge in [0.05, 0.1) is 12.8 Å². The summed E-state index contributed by atoms with van der Waals surface area (Å²) >= 11 is 0. The number of halogens is 2. The van der Waals surface area contributed by atoms with Crippen LogP contribution in [0, 0.1) is 11.8 Å². The number of methoxy groups -OCH3 is 1. The second-order valence-corrected chi connectivity index (χ2v) is 4.70. The number of pyridine rings is 1. The van der Waals surface area contributed by atoms with Crippen LogP contribution in [0.5, 0.6) is 5.75 Å². The maximum absolute atomic E-state index is 13.6. The van der Waals surface area contributed by atoms with Gasteiger partial charge in [-0.15, -0.1) is 0 Å². The fourth-order valence-electron chi connectivity index (χ4n) is 1.93. The van der Waals surface area contributed by atoms with Gasteiger partial charge in [0.2, 0.25) is 5.82 Å². The molecule has 1 aromatic carbocycles. The van der Waals surface area contributed by atoms with Crippen molar-refractivity contribution in [2.45, 2.75) is 19.8 Å². The molecular formula is C15H16F2N2O. The lowest BCUT2D eigenvalue weighted by Gasteiger charge is -2.15. The second kappa shape index (κ2) is 5.86. The molecular weight excluding hydrogens is 262 g/mol. The van der Waals surface area contributed by atoms with Gasteiger partial charge in [0, 0.05) is 11.9 Å². The van der Waals surface area contributed by atoms with Crippen LogP contribution in [0.1, 0.15) is 25.3 Å². The molecule has 20 heavy (non-hydrogen) atoms. The van der Waals surface area contributed by atoms with E-state index in [1.165, 1.54) is 12.3 Å². The molecule has 0 saturated carbocycles. The standard InChI is InChI=1S/C15H16F2N2O/c1-9(2)11-8-10(4-5-13(11)20-3)19-12-6-7-18-15(17)14(12)16/h4-9H,1-3H3,(H,18,19). The maximum Gasteiger partial charge on any atom is 0.251 e. The van der Waals surface area contributed by atoms with Crippen LogP contribution in [-0.2, 0) is 0 Å². The molecule has 5 heteroatoms. The SMILES string of the molecule is COc1ccc(Nc2ccnc(F)c2F)cc1C(C)C. The van der Waals surface area contributed by atoms with Crippen molar-refractivity contribution < 1.29 is 13.5 Å². The highest BCUT2D eigenvalue weighted by molar-refractivity contribution is 5.62. The Morgan fingerprint density at radius 1 is 1.20 bits per heavy atom. The first-order chi connectivity index (χ1) is 9.52. The minimum absolute atomic E-state index is 0.0531. The average molecular weight is 278 g/mol. The van der Waals surface area contributed by atoms with Gasteiger partial charge in [-0.1, -0.05) is 13.8 Å². The zero-order chi connectivity index (χ0) is 14.7. The van der Waals surface area contributed by atoms with E-state index < -0.39 is 11.8 Å². The summed E-state index contributed by atoms with van der Waals surface area (Å²) in [5.74, 6) is -1.08. The topological polar surface area (TPSA) is 34.1 Å². The minimum Gasteiger partial charge on any atom is -0.496 e. The van der Waals surface area contributed by atoms with Crippen LogP contribution in [0.2, 0.25) is 0 Å². The molecule has 1 N–H and O–H groups in total. The Morgan fingerprint density at radius 3 is 2.60 bits per heavy atom. The van der Waals surface area contributed by atoms with Crippen molar-refractivity contribution in [2.24, 2.45) is 0 Å². The molecule has 0 saturated heterocycles. The van der Waals surface area contributed by atoms with Gasteiger partial charge in [-0.3, -0.25) is 0 Å². The summed E-state index contributed by atoms with van der Waals surface area (Å²) in [6.45, 7) is 4.07. The Hall–Kier alpha value is -2.17. The van der Waals surface area contributed by atoms with Crippen LogP contribution in [0.15, 0.2) is 30.5 Å². The first kappa shape index (κ1) is 14.2.